The number of aliphatic hydroxyl groups excluding tert-OH is 1. The fourth-order valence-corrected chi connectivity index (χ4v) is 5.40. The smallest absolute Gasteiger partial charge is 0.396 e. The molecule has 0 aromatic carbocycles. The number of aromatic nitrogens is 7. The maximum atomic E-state index is 13.5. The molecule has 4 aromatic rings. The van der Waals surface area contributed by atoms with E-state index in [0.29, 0.717) is 40.1 Å². The van der Waals surface area contributed by atoms with Crippen molar-refractivity contribution in [3.63, 3.8) is 0 Å². The third-order valence-electron chi connectivity index (χ3n) is 7.53. The number of aliphatic hydroxyl groups is 1. The molecule has 0 saturated heterocycles. The summed E-state index contributed by atoms with van der Waals surface area (Å²) in [4.78, 5) is 13.0. The van der Waals surface area contributed by atoms with Gasteiger partial charge in [-0.05, 0) is 57.1 Å². The van der Waals surface area contributed by atoms with E-state index in [0.717, 1.165) is 47.5 Å². The Morgan fingerprint density at radius 3 is 2.39 bits per heavy atom. The molecule has 44 heavy (non-hydrogen) atoms. The lowest BCUT2D eigenvalue weighted by molar-refractivity contribution is -0.144. The summed E-state index contributed by atoms with van der Waals surface area (Å²) in [6.07, 6.45) is -0.723. The van der Waals surface area contributed by atoms with Gasteiger partial charge in [-0.2, -0.15) is 36.5 Å². The van der Waals surface area contributed by atoms with Crippen LogP contribution in [0.15, 0.2) is 36.8 Å². The third kappa shape index (κ3) is 7.46. The number of rotatable bonds is 9. The van der Waals surface area contributed by atoms with Crippen molar-refractivity contribution in [2.24, 2.45) is 13.0 Å². The minimum Gasteiger partial charge on any atom is -0.396 e. The van der Waals surface area contributed by atoms with Crippen LogP contribution in [0.1, 0.15) is 43.5 Å². The number of hydrogen-bond acceptors (Lipinski definition) is 8. The normalized spacial score (nSPS) is 17.6. The third-order valence-corrected chi connectivity index (χ3v) is 7.53. The fraction of sp³-hybridized carbons (Fsp3) is 0.464. The topological polar surface area (TPSA) is 119 Å². The number of anilines is 3. The molecule has 0 unspecified atom stereocenters. The van der Waals surface area contributed by atoms with E-state index in [2.05, 4.69) is 35.8 Å². The van der Waals surface area contributed by atoms with Gasteiger partial charge in [0, 0.05) is 55.6 Å². The highest BCUT2D eigenvalue weighted by Crippen LogP contribution is 2.37. The average Bonchev–Trinajstić information content (AvgIpc) is 3.51. The maximum absolute atomic E-state index is 13.5. The monoisotopic (exact) mass is 623 g/mol. The zero-order valence-corrected chi connectivity index (χ0v) is 23.9. The molecule has 5 rings (SSSR count). The summed E-state index contributed by atoms with van der Waals surface area (Å²) in [6, 6.07) is 4.24. The van der Waals surface area contributed by atoms with Crippen LogP contribution in [0.4, 0.5) is 43.7 Å². The van der Waals surface area contributed by atoms with Crippen LogP contribution in [0.25, 0.3) is 22.6 Å². The molecule has 1 fully saturated rings. The summed E-state index contributed by atoms with van der Waals surface area (Å²) in [5.41, 5.74) is 0.769. The maximum Gasteiger partial charge on any atom is 0.433 e. The van der Waals surface area contributed by atoms with Crippen LogP contribution < -0.4 is 10.6 Å². The number of nitrogens with zero attached hydrogens (tertiary/aromatic N) is 7. The largest absolute Gasteiger partial charge is 0.433 e. The van der Waals surface area contributed by atoms with E-state index in [9.17, 15) is 31.4 Å². The Balaban J connectivity index is 1.42. The van der Waals surface area contributed by atoms with Gasteiger partial charge in [0.2, 0.25) is 0 Å². The first kappa shape index (κ1) is 31.2. The Labute approximate surface area is 248 Å². The number of pyridine rings is 1. The highest BCUT2D eigenvalue weighted by molar-refractivity contribution is 5.78. The first-order chi connectivity index (χ1) is 20.8. The Morgan fingerprint density at radius 2 is 1.73 bits per heavy atom. The quantitative estimate of drug-likeness (QED) is 0.191. The molecule has 236 valence electrons. The second-order valence-corrected chi connectivity index (χ2v) is 10.9. The van der Waals surface area contributed by atoms with Crippen LogP contribution in [-0.4, -0.2) is 58.4 Å². The molecule has 1 saturated carbocycles. The number of nitrogens with one attached hydrogen (secondary N) is 2. The summed E-state index contributed by atoms with van der Waals surface area (Å²) in [6.45, 7) is 0.443. The van der Waals surface area contributed by atoms with Crippen LogP contribution in [0.5, 0.6) is 0 Å². The molecular weight excluding hydrogens is 592 g/mol. The number of halogens is 6. The van der Waals surface area contributed by atoms with E-state index in [1.165, 1.54) is 25.6 Å². The van der Waals surface area contributed by atoms with Gasteiger partial charge >= 0.3 is 12.4 Å². The lowest BCUT2D eigenvalue weighted by Gasteiger charge is -2.30. The highest BCUT2D eigenvalue weighted by atomic mass is 19.4. The molecule has 0 radical (unpaired) electrons. The van der Waals surface area contributed by atoms with E-state index in [1.54, 1.807) is 19.1 Å². The van der Waals surface area contributed by atoms with Crippen LogP contribution >= 0.6 is 0 Å². The molecule has 0 spiro atoms. The van der Waals surface area contributed by atoms with Crippen molar-refractivity contribution in [3.05, 3.63) is 48.2 Å². The molecule has 16 heteroatoms. The Morgan fingerprint density at radius 1 is 0.977 bits per heavy atom. The predicted octanol–water partition coefficient (Wildman–Crippen LogP) is 6.12. The van der Waals surface area contributed by atoms with Crippen molar-refractivity contribution in [1.29, 1.82) is 0 Å². The summed E-state index contributed by atoms with van der Waals surface area (Å²) < 4.78 is 80.7. The van der Waals surface area contributed by atoms with Crippen molar-refractivity contribution in [3.8, 4) is 22.6 Å². The lowest BCUT2D eigenvalue weighted by Crippen LogP contribution is -2.26. The second kappa shape index (κ2) is 12.4. The summed E-state index contributed by atoms with van der Waals surface area (Å²) in [5, 5.41) is 23.8. The van der Waals surface area contributed by atoms with E-state index in [-0.39, 0.29) is 24.2 Å². The molecule has 0 bridgehead atoms. The van der Waals surface area contributed by atoms with Crippen LogP contribution in [0, 0.1) is 12.8 Å². The molecule has 4 aromatic heterocycles. The molecule has 1 aliphatic rings. The summed E-state index contributed by atoms with van der Waals surface area (Å²) >= 11 is 0. The molecule has 0 atom stereocenters. The van der Waals surface area contributed by atoms with Crippen molar-refractivity contribution >= 4 is 17.3 Å². The minimum atomic E-state index is -4.58. The van der Waals surface area contributed by atoms with Crippen molar-refractivity contribution in [2.75, 3.05) is 17.2 Å². The molecular formula is C28H31F6N9O. The SMILES string of the molecule is Cc1nn(CC(F)(F)F)cc1-c1nccc(Nc2cc(NC3CCC(CCO)CC3)c(-c3cc(C(F)(F)F)n(C)n3)cn2)n1. The van der Waals surface area contributed by atoms with E-state index < -0.39 is 24.6 Å². The summed E-state index contributed by atoms with van der Waals surface area (Å²) in [5.74, 6) is 1.20. The minimum absolute atomic E-state index is 0.0478. The first-order valence-corrected chi connectivity index (χ1v) is 14.0. The zero-order valence-electron chi connectivity index (χ0n) is 23.9. The van der Waals surface area contributed by atoms with Crippen molar-refractivity contribution in [2.45, 2.75) is 64.0 Å². The fourth-order valence-electron chi connectivity index (χ4n) is 5.40. The molecule has 0 aliphatic heterocycles. The van der Waals surface area contributed by atoms with E-state index in [1.807, 2.05) is 0 Å². The van der Waals surface area contributed by atoms with E-state index in [4.69, 9.17) is 0 Å². The van der Waals surface area contributed by atoms with Gasteiger partial charge in [-0.25, -0.2) is 15.0 Å². The molecule has 10 nitrogen and oxygen atoms in total. The lowest BCUT2D eigenvalue weighted by atomic mass is 9.84. The van der Waals surface area contributed by atoms with Gasteiger partial charge in [0.05, 0.1) is 17.0 Å². The highest BCUT2D eigenvalue weighted by Gasteiger charge is 2.35. The van der Waals surface area contributed by atoms with Gasteiger partial charge in [-0.1, -0.05) is 0 Å². The van der Waals surface area contributed by atoms with Crippen LogP contribution in [0.3, 0.4) is 0 Å². The Kier molecular flexibility index (Phi) is 8.81. The van der Waals surface area contributed by atoms with Gasteiger partial charge in [0.1, 0.15) is 23.9 Å². The van der Waals surface area contributed by atoms with Crippen LogP contribution in [-0.2, 0) is 19.8 Å². The zero-order chi connectivity index (χ0) is 31.6. The van der Waals surface area contributed by atoms with Gasteiger partial charge in [0.15, 0.2) is 5.82 Å². The Bertz CT molecular complexity index is 1590. The number of alkyl halides is 6. The molecule has 3 N–H and O–H groups in total. The first-order valence-electron chi connectivity index (χ1n) is 14.0. The van der Waals surface area contributed by atoms with Gasteiger partial charge in [-0.3, -0.25) is 9.36 Å². The van der Waals surface area contributed by atoms with Gasteiger partial charge in [0.25, 0.3) is 0 Å². The van der Waals surface area contributed by atoms with Crippen molar-refractivity contribution < 1.29 is 31.4 Å². The number of aryl methyl sites for hydroxylation is 2. The van der Waals surface area contributed by atoms with Gasteiger partial charge in [-0.15, -0.1) is 0 Å². The van der Waals surface area contributed by atoms with E-state index >= 15 is 0 Å². The average molecular weight is 624 g/mol. The van der Waals surface area contributed by atoms with Gasteiger partial charge < -0.3 is 15.7 Å². The second-order valence-electron chi connectivity index (χ2n) is 10.9. The van der Waals surface area contributed by atoms with Crippen LogP contribution in [0.2, 0.25) is 0 Å². The summed E-state index contributed by atoms with van der Waals surface area (Å²) in [7, 11) is 1.23. The Hall–Kier alpha value is -4.21. The van der Waals surface area contributed by atoms with Crippen molar-refractivity contribution in [1.82, 2.24) is 34.5 Å². The number of hydrogen-bond donors (Lipinski definition) is 3. The molecule has 4 heterocycles. The molecule has 0 amide bonds. The predicted molar refractivity (Wildman–Crippen MR) is 150 cm³/mol. The molecule has 1 aliphatic carbocycles. The standard InChI is InChI=1S/C28H31F6N9O/c1-16-20(14-43(40-16)15-27(29,30)31)26-35-9-7-24(39-26)38-25-12-21(37-18-5-3-17(4-6-18)8-10-44)19(13-36-25)22-11-23(28(32,33)34)42(2)41-22/h7,9,11-14,17-18,44H,3-6,8,10,15H2,1-2H3,(H2,35,36,37,38,39).